The number of carboxylic acids is 1. The number of aromatic nitrogens is 5. The number of carbonyl (C=O) groups is 1. The zero-order valence-electron chi connectivity index (χ0n) is 22.0. The molecule has 0 bridgehead atoms. The fourth-order valence-electron chi connectivity index (χ4n) is 4.72. The molecular weight excluding hydrogens is 571 g/mol. The molecule has 1 aliphatic rings. The van der Waals surface area contributed by atoms with Gasteiger partial charge in [-0.1, -0.05) is 23.7 Å². The van der Waals surface area contributed by atoms with E-state index in [1.165, 1.54) is 36.5 Å². The predicted octanol–water partition coefficient (Wildman–Crippen LogP) is 6.44. The number of alkyl halides is 1. The van der Waals surface area contributed by atoms with Crippen LogP contribution in [-0.2, 0) is 19.6 Å². The minimum absolute atomic E-state index is 0.0471. The van der Waals surface area contributed by atoms with Gasteiger partial charge >= 0.3 is 12.0 Å². The summed E-state index contributed by atoms with van der Waals surface area (Å²) in [5.41, 5.74) is 1.52. The quantitative estimate of drug-likeness (QED) is 0.199. The Balaban J connectivity index is 1.25. The van der Waals surface area contributed by atoms with Crippen molar-refractivity contribution in [1.82, 2.24) is 24.5 Å². The van der Waals surface area contributed by atoms with E-state index in [1.807, 2.05) is 0 Å². The molecule has 0 radical (unpaired) electrons. The van der Waals surface area contributed by atoms with Crippen molar-refractivity contribution in [3.05, 3.63) is 100 Å². The first-order valence-electron chi connectivity index (χ1n) is 13.1. The first-order valence-corrected chi connectivity index (χ1v) is 13.5. The first kappa shape index (κ1) is 27.6. The Bertz CT molecular complexity index is 1830. The molecule has 214 valence electrons. The molecule has 1 fully saturated rings. The maximum absolute atomic E-state index is 15.4. The second-order valence-corrected chi connectivity index (χ2v) is 10.8. The van der Waals surface area contributed by atoms with E-state index in [0.717, 1.165) is 0 Å². The number of nitrogens with zero attached hydrogens (tertiary/aromatic N) is 5. The van der Waals surface area contributed by atoms with Crippen LogP contribution in [0, 0.1) is 17.0 Å². The third kappa shape index (κ3) is 5.64. The highest BCUT2D eigenvalue weighted by molar-refractivity contribution is 6.30. The zero-order valence-corrected chi connectivity index (χ0v) is 22.8. The molecule has 6 rings (SSSR count). The minimum Gasteiger partial charge on any atom is -0.477 e. The second-order valence-electron chi connectivity index (χ2n) is 10.3. The van der Waals surface area contributed by atoms with Gasteiger partial charge in [0, 0.05) is 40.7 Å². The average Bonchev–Trinajstić information content (AvgIpc) is 3.68. The highest BCUT2D eigenvalue weighted by Crippen LogP contribution is 2.48. The average molecular weight is 594 g/mol. The third-order valence-electron chi connectivity index (χ3n) is 7.30. The lowest BCUT2D eigenvalue weighted by molar-refractivity contribution is 0.0690. The summed E-state index contributed by atoms with van der Waals surface area (Å²) in [6, 6.07) is 13.3. The molecule has 42 heavy (non-hydrogen) atoms. The van der Waals surface area contributed by atoms with E-state index >= 15 is 4.39 Å². The van der Waals surface area contributed by atoms with Crippen LogP contribution < -0.4 is 4.74 Å². The normalized spacial score (nSPS) is 13.8. The van der Waals surface area contributed by atoms with E-state index in [4.69, 9.17) is 16.3 Å². The van der Waals surface area contributed by atoms with Crippen molar-refractivity contribution in [2.45, 2.75) is 32.4 Å². The molecule has 3 heterocycles. The van der Waals surface area contributed by atoms with Gasteiger partial charge in [-0.25, -0.2) is 28.5 Å². The number of halogens is 4. The van der Waals surface area contributed by atoms with Crippen LogP contribution in [-0.4, -0.2) is 42.3 Å². The highest BCUT2D eigenvalue weighted by Gasteiger charge is 2.44. The number of fused-ring (bicyclic) bond motifs is 1. The van der Waals surface area contributed by atoms with Crippen LogP contribution in [0.2, 0.25) is 5.02 Å². The molecule has 1 aliphatic carbocycles. The third-order valence-corrected chi connectivity index (χ3v) is 7.54. The molecular formula is C30H23ClF3N5O3. The van der Waals surface area contributed by atoms with Crippen molar-refractivity contribution >= 4 is 28.7 Å². The number of imidazole rings is 1. The number of ether oxygens (including phenoxy) is 1. The fraction of sp³-hybridized carbons (Fsp3) is 0.233. The number of rotatable bonds is 10. The Morgan fingerprint density at radius 3 is 2.57 bits per heavy atom. The van der Waals surface area contributed by atoms with Gasteiger partial charge in [-0.05, 0) is 60.9 Å². The smallest absolute Gasteiger partial charge is 0.354 e. The van der Waals surface area contributed by atoms with Crippen LogP contribution in [0.1, 0.15) is 40.3 Å². The van der Waals surface area contributed by atoms with E-state index < -0.39 is 29.7 Å². The van der Waals surface area contributed by atoms with E-state index in [-0.39, 0.29) is 46.6 Å². The first-order chi connectivity index (χ1) is 20.2. The molecule has 8 nitrogen and oxygen atoms in total. The molecule has 3 aromatic heterocycles. The van der Waals surface area contributed by atoms with Crippen molar-refractivity contribution < 1.29 is 27.8 Å². The summed E-state index contributed by atoms with van der Waals surface area (Å²) in [5.74, 6) is -1.72. The standard InChI is InChI=1S/C30H23ClF3N5O3/c31-19-3-2-18(21(33)13-19)14-42-29-35-10-7-23(38-29)20-4-1-17(11-22(20)34)12-26-36-24-5-6-25(28(40)41)37-27(24)39(26)16-30(15-32)8-9-30/h1-7,10-11,13H,8-9,12,14-16H2,(H,40,41). The maximum Gasteiger partial charge on any atom is 0.354 e. The SMILES string of the molecule is O=C(O)c1ccc2nc(Cc3ccc(-c4ccnc(OCc5ccc(Cl)cc5F)n4)c(F)c3)n(CC3(CF)CC3)c2n1. The summed E-state index contributed by atoms with van der Waals surface area (Å²) in [4.78, 5) is 28.7. The van der Waals surface area contributed by atoms with Crippen LogP contribution in [0.3, 0.4) is 0 Å². The van der Waals surface area contributed by atoms with Crippen molar-refractivity contribution in [3.63, 3.8) is 0 Å². The van der Waals surface area contributed by atoms with E-state index in [1.54, 1.807) is 28.8 Å². The van der Waals surface area contributed by atoms with E-state index in [2.05, 4.69) is 19.9 Å². The van der Waals surface area contributed by atoms with Crippen molar-refractivity contribution in [3.8, 4) is 17.3 Å². The lowest BCUT2D eigenvalue weighted by Gasteiger charge is -2.15. The number of hydrogen-bond acceptors (Lipinski definition) is 6. The van der Waals surface area contributed by atoms with Crippen LogP contribution in [0.25, 0.3) is 22.4 Å². The van der Waals surface area contributed by atoms with Gasteiger partial charge in [0.2, 0.25) is 0 Å². The molecule has 0 spiro atoms. The van der Waals surface area contributed by atoms with Crippen LogP contribution >= 0.6 is 11.6 Å². The molecule has 1 saturated carbocycles. The van der Waals surface area contributed by atoms with Crippen LogP contribution in [0.15, 0.2) is 60.8 Å². The Morgan fingerprint density at radius 2 is 1.86 bits per heavy atom. The molecule has 12 heteroatoms. The summed E-state index contributed by atoms with van der Waals surface area (Å²) >= 11 is 5.79. The Hall–Kier alpha value is -4.51. The van der Waals surface area contributed by atoms with E-state index in [0.29, 0.717) is 41.9 Å². The number of hydrogen-bond donors (Lipinski definition) is 1. The molecule has 0 amide bonds. The monoisotopic (exact) mass is 593 g/mol. The summed E-state index contributed by atoms with van der Waals surface area (Å²) in [6.07, 6.45) is 3.05. The molecule has 5 aromatic rings. The number of benzene rings is 2. The highest BCUT2D eigenvalue weighted by atomic mass is 35.5. The Labute approximate surface area is 242 Å². The largest absolute Gasteiger partial charge is 0.477 e. The van der Waals surface area contributed by atoms with Gasteiger partial charge in [-0.3, -0.25) is 4.39 Å². The van der Waals surface area contributed by atoms with Gasteiger partial charge in [0.05, 0.1) is 12.4 Å². The van der Waals surface area contributed by atoms with Crippen LogP contribution in [0.4, 0.5) is 13.2 Å². The summed E-state index contributed by atoms with van der Waals surface area (Å²) in [6.45, 7) is -0.343. The molecule has 0 unspecified atom stereocenters. The lowest BCUT2D eigenvalue weighted by Crippen LogP contribution is -2.17. The summed E-state index contributed by atoms with van der Waals surface area (Å²) in [5, 5.41) is 9.67. The Morgan fingerprint density at radius 1 is 1.02 bits per heavy atom. The minimum atomic E-state index is -1.18. The van der Waals surface area contributed by atoms with Gasteiger partial charge in [0.1, 0.15) is 29.6 Å². The second kappa shape index (κ2) is 11.1. The molecule has 0 saturated heterocycles. The summed E-state index contributed by atoms with van der Waals surface area (Å²) < 4.78 is 50.5. The van der Waals surface area contributed by atoms with Crippen molar-refractivity contribution in [2.75, 3.05) is 6.67 Å². The van der Waals surface area contributed by atoms with Gasteiger partial charge < -0.3 is 14.4 Å². The zero-order chi connectivity index (χ0) is 29.4. The van der Waals surface area contributed by atoms with Gasteiger partial charge in [-0.15, -0.1) is 0 Å². The van der Waals surface area contributed by atoms with Gasteiger partial charge in [0.15, 0.2) is 11.3 Å². The van der Waals surface area contributed by atoms with Gasteiger partial charge in [0.25, 0.3) is 0 Å². The topological polar surface area (TPSA) is 103 Å². The van der Waals surface area contributed by atoms with Crippen molar-refractivity contribution in [2.24, 2.45) is 5.41 Å². The van der Waals surface area contributed by atoms with Gasteiger partial charge in [-0.2, -0.15) is 4.98 Å². The summed E-state index contributed by atoms with van der Waals surface area (Å²) in [7, 11) is 0. The predicted molar refractivity (Wildman–Crippen MR) is 148 cm³/mol. The number of carboxylic acid groups (broad SMARTS) is 1. The number of pyridine rings is 1. The van der Waals surface area contributed by atoms with Crippen LogP contribution in [0.5, 0.6) is 6.01 Å². The Kier molecular flexibility index (Phi) is 7.28. The van der Waals surface area contributed by atoms with Crippen molar-refractivity contribution in [1.29, 1.82) is 0 Å². The molecule has 0 atom stereocenters. The molecule has 1 N–H and O–H groups in total. The maximum atomic E-state index is 15.4. The fourth-order valence-corrected chi connectivity index (χ4v) is 4.87. The van der Waals surface area contributed by atoms with E-state index in [9.17, 15) is 18.7 Å². The number of aromatic carboxylic acids is 1. The lowest BCUT2D eigenvalue weighted by atomic mass is 10.1. The molecule has 0 aliphatic heterocycles. The molecule has 2 aromatic carbocycles.